The minimum atomic E-state index is -3.50. The second-order valence-corrected chi connectivity index (χ2v) is 7.91. The molecule has 1 aliphatic heterocycles. The zero-order chi connectivity index (χ0) is 17.9. The number of furan rings is 1. The van der Waals surface area contributed by atoms with Gasteiger partial charge in [0.25, 0.3) is 5.91 Å². The van der Waals surface area contributed by atoms with Gasteiger partial charge in [-0.15, -0.1) is 0 Å². The molecule has 2 heterocycles. The number of nitrogens with zero attached hydrogens (tertiary/aromatic N) is 2. The quantitative estimate of drug-likeness (QED) is 0.808. The van der Waals surface area contributed by atoms with Crippen molar-refractivity contribution in [1.82, 2.24) is 9.21 Å². The highest BCUT2D eigenvalue weighted by atomic mass is 32.2. The summed E-state index contributed by atoms with van der Waals surface area (Å²) in [5, 5.41) is 0. The van der Waals surface area contributed by atoms with Gasteiger partial charge >= 0.3 is 0 Å². The van der Waals surface area contributed by atoms with Crippen molar-refractivity contribution in [2.24, 2.45) is 0 Å². The van der Waals surface area contributed by atoms with E-state index >= 15 is 0 Å². The lowest BCUT2D eigenvalue weighted by molar-refractivity contribution is 0.0666. The van der Waals surface area contributed by atoms with Gasteiger partial charge in [-0.25, -0.2) is 12.8 Å². The molecule has 1 aromatic carbocycles. The number of rotatable bonds is 5. The largest absolute Gasteiger partial charge is 0.459 e. The van der Waals surface area contributed by atoms with Crippen molar-refractivity contribution in [3.05, 3.63) is 59.8 Å². The number of amides is 1. The van der Waals surface area contributed by atoms with Crippen LogP contribution in [0.15, 0.2) is 47.1 Å². The molecule has 0 radical (unpaired) electrons. The molecule has 0 spiro atoms. The monoisotopic (exact) mass is 366 g/mol. The van der Waals surface area contributed by atoms with Gasteiger partial charge in [-0.05, 0) is 30.2 Å². The lowest BCUT2D eigenvalue weighted by Gasteiger charge is -2.33. The normalized spacial score (nSPS) is 16.1. The maximum absolute atomic E-state index is 13.6. The van der Waals surface area contributed by atoms with E-state index in [0.717, 1.165) is 0 Å². The number of carbonyl (C=O) groups excluding carboxylic acids is 1. The second kappa shape index (κ2) is 7.37. The van der Waals surface area contributed by atoms with Gasteiger partial charge in [-0.3, -0.25) is 4.79 Å². The average molecular weight is 366 g/mol. The van der Waals surface area contributed by atoms with Gasteiger partial charge in [0.05, 0.1) is 12.0 Å². The van der Waals surface area contributed by atoms with E-state index in [2.05, 4.69) is 0 Å². The summed E-state index contributed by atoms with van der Waals surface area (Å²) in [7, 11) is -3.50. The SMILES string of the molecule is O=C(c1ccco1)N1CCN(S(=O)(=O)CCc2ccccc2F)CC1. The predicted molar refractivity (Wildman–Crippen MR) is 90.1 cm³/mol. The van der Waals surface area contributed by atoms with Gasteiger partial charge in [0.2, 0.25) is 10.0 Å². The molecule has 1 amide bonds. The summed E-state index contributed by atoms with van der Waals surface area (Å²) < 4.78 is 45.0. The molecule has 134 valence electrons. The third kappa shape index (κ3) is 4.08. The van der Waals surface area contributed by atoms with Gasteiger partial charge in [0, 0.05) is 26.2 Å². The first-order valence-electron chi connectivity index (χ1n) is 8.01. The smallest absolute Gasteiger partial charge is 0.289 e. The van der Waals surface area contributed by atoms with Crippen LogP contribution in [-0.2, 0) is 16.4 Å². The zero-order valence-corrected chi connectivity index (χ0v) is 14.4. The van der Waals surface area contributed by atoms with E-state index in [9.17, 15) is 17.6 Å². The first-order chi connectivity index (χ1) is 12.0. The molecule has 6 nitrogen and oxygen atoms in total. The highest BCUT2D eigenvalue weighted by Gasteiger charge is 2.29. The highest BCUT2D eigenvalue weighted by molar-refractivity contribution is 7.89. The second-order valence-electron chi connectivity index (χ2n) is 5.83. The first kappa shape index (κ1) is 17.6. The Morgan fingerprint density at radius 1 is 1.08 bits per heavy atom. The van der Waals surface area contributed by atoms with E-state index in [1.807, 2.05) is 0 Å². The summed E-state index contributed by atoms with van der Waals surface area (Å²) in [5.74, 6) is -0.545. The van der Waals surface area contributed by atoms with Crippen molar-refractivity contribution in [2.45, 2.75) is 6.42 Å². The van der Waals surface area contributed by atoms with Gasteiger partial charge < -0.3 is 9.32 Å². The van der Waals surface area contributed by atoms with Crippen LogP contribution in [0.3, 0.4) is 0 Å². The summed E-state index contributed by atoms with van der Waals surface area (Å²) >= 11 is 0. The molecular formula is C17H19FN2O4S. The average Bonchev–Trinajstić information content (AvgIpc) is 3.15. The lowest BCUT2D eigenvalue weighted by atomic mass is 10.2. The number of sulfonamides is 1. The van der Waals surface area contributed by atoms with Crippen LogP contribution in [-0.4, -0.2) is 55.5 Å². The summed E-state index contributed by atoms with van der Waals surface area (Å²) in [4.78, 5) is 13.8. The molecule has 1 saturated heterocycles. The standard InChI is InChI=1S/C17H19FN2O4S/c18-15-5-2-1-4-14(15)7-13-25(22,23)20-10-8-19(9-11-20)17(21)16-6-3-12-24-16/h1-6,12H,7-11,13H2. The summed E-state index contributed by atoms with van der Waals surface area (Å²) in [6, 6.07) is 9.38. The van der Waals surface area contributed by atoms with E-state index < -0.39 is 15.8 Å². The fraction of sp³-hybridized carbons (Fsp3) is 0.353. The van der Waals surface area contributed by atoms with Crippen LogP contribution >= 0.6 is 0 Å². The van der Waals surface area contributed by atoms with Crippen LogP contribution in [0.25, 0.3) is 0 Å². The highest BCUT2D eigenvalue weighted by Crippen LogP contribution is 2.14. The van der Waals surface area contributed by atoms with Crippen molar-refractivity contribution >= 4 is 15.9 Å². The number of halogens is 1. The number of carbonyl (C=O) groups is 1. The Bertz CT molecular complexity index is 828. The Balaban J connectivity index is 1.56. The molecule has 0 saturated carbocycles. The van der Waals surface area contributed by atoms with Crippen molar-refractivity contribution in [3.63, 3.8) is 0 Å². The van der Waals surface area contributed by atoms with E-state index in [1.54, 1.807) is 35.2 Å². The molecule has 0 aliphatic carbocycles. The third-order valence-corrected chi connectivity index (χ3v) is 6.11. The van der Waals surface area contributed by atoms with Gasteiger partial charge in [0.15, 0.2) is 5.76 Å². The predicted octanol–water partition coefficient (Wildman–Crippen LogP) is 1.75. The van der Waals surface area contributed by atoms with E-state index in [0.29, 0.717) is 18.7 Å². The van der Waals surface area contributed by atoms with Crippen LogP contribution in [0.5, 0.6) is 0 Å². The van der Waals surface area contributed by atoms with Crippen LogP contribution in [0.2, 0.25) is 0 Å². The molecule has 1 fully saturated rings. The fourth-order valence-corrected chi connectivity index (χ4v) is 4.25. The Kier molecular flexibility index (Phi) is 5.19. The Hall–Kier alpha value is -2.19. The van der Waals surface area contributed by atoms with Gasteiger partial charge in [-0.1, -0.05) is 18.2 Å². The van der Waals surface area contributed by atoms with E-state index in [1.165, 1.54) is 16.6 Å². The maximum atomic E-state index is 13.6. The van der Waals surface area contributed by atoms with Crippen molar-refractivity contribution in [2.75, 3.05) is 31.9 Å². The summed E-state index contributed by atoms with van der Waals surface area (Å²) in [5.41, 5.74) is 0.387. The molecule has 0 unspecified atom stereocenters. The van der Waals surface area contributed by atoms with Crippen LogP contribution in [0.4, 0.5) is 4.39 Å². The van der Waals surface area contributed by atoms with Crippen molar-refractivity contribution < 1.29 is 22.0 Å². The van der Waals surface area contributed by atoms with Crippen molar-refractivity contribution in [1.29, 1.82) is 0 Å². The third-order valence-electron chi connectivity index (χ3n) is 4.24. The molecular weight excluding hydrogens is 347 g/mol. The van der Waals surface area contributed by atoms with Crippen LogP contribution in [0, 0.1) is 5.82 Å². The summed E-state index contributed by atoms with van der Waals surface area (Å²) in [6.07, 6.45) is 1.55. The molecule has 8 heteroatoms. The van der Waals surface area contributed by atoms with E-state index in [-0.39, 0.29) is 36.9 Å². The van der Waals surface area contributed by atoms with Crippen LogP contribution in [0.1, 0.15) is 16.1 Å². The Morgan fingerprint density at radius 3 is 2.44 bits per heavy atom. The number of hydrogen-bond donors (Lipinski definition) is 0. The molecule has 1 aliphatic rings. The summed E-state index contributed by atoms with van der Waals surface area (Å²) in [6.45, 7) is 1.06. The molecule has 1 aromatic heterocycles. The lowest BCUT2D eigenvalue weighted by Crippen LogP contribution is -2.51. The molecule has 2 aromatic rings. The van der Waals surface area contributed by atoms with E-state index in [4.69, 9.17) is 4.42 Å². The minimum absolute atomic E-state index is 0.126. The Labute approximate surface area is 145 Å². The zero-order valence-electron chi connectivity index (χ0n) is 13.6. The fourth-order valence-electron chi connectivity index (χ4n) is 2.79. The topological polar surface area (TPSA) is 70.8 Å². The molecule has 0 N–H and O–H groups in total. The van der Waals surface area contributed by atoms with Gasteiger partial charge in [0.1, 0.15) is 5.82 Å². The molecule has 0 bridgehead atoms. The first-order valence-corrected chi connectivity index (χ1v) is 9.62. The minimum Gasteiger partial charge on any atom is -0.459 e. The number of piperazine rings is 1. The van der Waals surface area contributed by atoms with Crippen molar-refractivity contribution in [3.8, 4) is 0 Å². The van der Waals surface area contributed by atoms with Gasteiger partial charge in [-0.2, -0.15) is 4.31 Å². The number of hydrogen-bond acceptors (Lipinski definition) is 4. The Morgan fingerprint density at radius 2 is 1.80 bits per heavy atom. The molecule has 25 heavy (non-hydrogen) atoms. The number of aryl methyl sites for hydroxylation is 1. The van der Waals surface area contributed by atoms with Crippen LogP contribution < -0.4 is 0 Å². The number of benzene rings is 1. The molecule has 0 atom stereocenters. The maximum Gasteiger partial charge on any atom is 0.289 e. The molecule has 3 rings (SSSR count).